The number of halogens is 1. The lowest BCUT2D eigenvalue weighted by Gasteiger charge is -2.22. The largest absolute Gasteiger partial charge is 0.872 e. The van der Waals surface area contributed by atoms with Crippen molar-refractivity contribution in [2.45, 2.75) is 6.42 Å². The van der Waals surface area contributed by atoms with Gasteiger partial charge in [-0.25, -0.2) is 0 Å². The number of benzene rings is 5. The van der Waals surface area contributed by atoms with Crippen LogP contribution < -0.4 is 21.0 Å². The fourth-order valence-corrected chi connectivity index (χ4v) is 7.52. The van der Waals surface area contributed by atoms with Crippen LogP contribution >= 0.6 is 18.9 Å². The summed E-state index contributed by atoms with van der Waals surface area (Å²) in [5.41, 5.74) is 1.87. The van der Waals surface area contributed by atoms with Gasteiger partial charge < -0.3 is 5.11 Å². The Hall–Kier alpha value is -3.38. The van der Waals surface area contributed by atoms with Gasteiger partial charge in [-0.3, -0.25) is 0 Å². The molecule has 0 saturated carbocycles. The summed E-state index contributed by atoms with van der Waals surface area (Å²) in [5, 5.41) is 16.4. The maximum absolute atomic E-state index is 11.5. The van der Waals surface area contributed by atoms with Crippen molar-refractivity contribution in [3.63, 3.8) is 0 Å². The topological polar surface area (TPSA) is 23.1 Å². The molecule has 35 heavy (non-hydrogen) atoms. The molecule has 3 heteroatoms. The lowest BCUT2D eigenvalue weighted by molar-refractivity contribution is -0.269. The van der Waals surface area contributed by atoms with Crippen LogP contribution in [0.2, 0.25) is 5.02 Å². The van der Waals surface area contributed by atoms with Crippen molar-refractivity contribution in [1.29, 1.82) is 0 Å². The molecule has 0 saturated heterocycles. The average molecular weight is 495 g/mol. The smallest absolute Gasteiger partial charge is 0.109 e. The van der Waals surface area contributed by atoms with Crippen LogP contribution in [0.25, 0.3) is 0 Å². The molecule has 0 unspecified atom stereocenters. The third kappa shape index (κ3) is 6.20. The SMILES string of the molecule is C[P+](c1ccccc1)(c1ccccc1)c1ccccc1.[O-]c1ccc(Cl)cc1Cc1ccccc1. The Balaban J connectivity index is 0.000000172. The molecule has 5 aromatic rings. The van der Waals surface area contributed by atoms with E-state index >= 15 is 0 Å². The zero-order valence-corrected chi connectivity index (χ0v) is 21.4. The van der Waals surface area contributed by atoms with Gasteiger partial charge in [0.05, 0.1) is 6.66 Å². The summed E-state index contributed by atoms with van der Waals surface area (Å²) in [4.78, 5) is 0. The Labute approximate surface area is 214 Å². The predicted molar refractivity (Wildman–Crippen MR) is 151 cm³/mol. The number of hydrogen-bond donors (Lipinski definition) is 0. The van der Waals surface area contributed by atoms with Crippen molar-refractivity contribution in [2.75, 3.05) is 6.66 Å². The van der Waals surface area contributed by atoms with Crippen molar-refractivity contribution >= 4 is 34.8 Å². The van der Waals surface area contributed by atoms with Crippen LogP contribution in [0.15, 0.2) is 140 Å². The van der Waals surface area contributed by atoms with Crippen molar-refractivity contribution in [1.82, 2.24) is 0 Å². The van der Waals surface area contributed by atoms with Gasteiger partial charge in [-0.05, 0) is 60.5 Å². The lowest BCUT2D eigenvalue weighted by Crippen LogP contribution is -2.30. The second-order valence-corrected chi connectivity index (χ2v) is 12.4. The fraction of sp³-hybridized carbons (Fsp3) is 0.0625. The van der Waals surface area contributed by atoms with E-state index in [1.165, 1.54) is 22.0 Å². The highest BCUT2D eigenvalue weighted by atomic mass is 35.5. The molecule has 174 valence electrons. The Kier molecular flexibility index (Phi) is 8.37. The molecule has 0 aliphatic heterocycles. The molecule has 0 fully saturated rings. The summed E-state index contributed by atoms with van der Waals surface area (Å²) >= 11 is 5.84. The normalized spacial score (nSPS) is 10.8. The lowest BCUT2D eigenvalue weighted by atomic mass is 10.0. The summed E-state index contributed by atoms with van der Waals surface area (Å²) in [6.45, 7) is 2.41. The molecule has 1 nitrogen and oxygen atoms in total. The minimum Gasteiger partial charge on any atom is -0.872 e. The van der Waals surface area contributed by atoms with E-state index in [4.69, 9.17) is 11.6 Å². The highest BCUT2D eigenvalue weighted by Gasteiger charge is 2.39. The van der Waals surface area contributed by atoms with Gasteiger partial charge in [-0.15, -0.1) is 5.75 Å². The Morgan fingerprint density at radius 1 is 0.571 bits per heavy atom. The molecular weight excluding hydrogens is 467 g/mol. The molecule has 0 aromatic heterocycles. The van der Waals surface area contributed by atoms with Crippen LogP contribution in [0.3, 0.4) is 0 Å². The molecule has 0 radical (unpaired) electrons. The molecule has 0 atom stereocenters. The van der Waals surface area contributed by atoms with Crippen LogP contribution in [0.4, 0.5) is 0 Å². The Bertz CT molecular complexity index is 1230. The predicted octanol–water partition coefficient (Wildman–Crippen LogP) is 6.61. The monoisotopic (exact) mass is 494 g/mol. The van der Waals surface area contributed by atoms with Crippen LogP contribution in [-0.4, -0.2) is 6.66 Å². The molecule has 0 spiro atoms. The second kappa shape index (κ2) is 11.8. The van der Waals surface area contributed by atoms with Crippen LogP contribution in [0.1, 0.15) is 11.1 Å². The van der Waals surface area contributed by atoms with Gasteiger partial charge in [0, 0.05) is 5.02 Å². The maximum atomic E-state index is 11.5. The molecule has 5 rings (SSSR count). The Morgan fingerprint density at radius 2 is 0.971 bits per heavy atom. The van der Waals surface area contributed by atoms with E-state index in [0.717, 1.165) is 11.1 Å². The van der Waals surface area contributed by atoms with Crippen molar-refractivity contribution in [3.05, 3.63) is 156 Å². The van der Waals surface area contributed by atoms with Gasteiger partial charge >= 0.3 is 0 Å². The highest BCUT2D eigenvalue weighted by Crippen LogP contribution is 2.51. The molecule has 5 aromatic carbocycles. The first-order chi connectivity index (χ1) is 17.1. The van der Waals surface area contributed by atoms with E-state index in [-0.39, 0.29) is 5.75 Å². The molecule has 0 amide bonds. The van der Waals surface area contributed by atoms with E-state index in [9.17, 15) is 5.11 Å². The summed E-state index contributed by atoms with van der Waals surface area (Å²) in [5.74, 6) is 0.0447. The van der Waals surface area contributed by atoms with Gasteiger partial charge in [0.25, 0.3) is 0 Å². The molecular formula is C32H28ClOP. The maximum Gasteiger partial charge on any atom is 0.109 e. The van der Waals surface area contributed by atoms with E-state index in [1.54, 1.807) is 12.1 Å². The van der Waals surface area contributed by atoms with Crippen LogP contribution in [-0.2, 0) is 6.42 Å². The minimum atomic E-state index is -1.53. The molecule has 0 N–H and O–H groups in total. The quantitative estimate of drug-likeness (QED) is 0.252. The summed E-state index contributed by atoms with van der Waals surface area (Å²) < 4.78 is 0. The highest BCUT2D eigenvalue weighted by molar-refractivity contribution is 7.95. The van der Waals surface area contributed by atoms with Gasteiger partial charge in [0.15, 0.2) is 0 Å². The summed E-state index contributed by atoms with van der Waals surface area (Å²) in [7, 11) is -1.53. The van der Waals surface area contributed by atoms with Gasteiger partial charge in [0.2, 0.25) is 0 Å². The van der Waals surface area contributed by atoms with E-state index in [1.807, 2.05) is 30.3 Å². The first-order valence-electron chi connectivity index (χ1n) is 11.6. The first kappa shape index (κ1) is 24.7. The Morgan fingerprint density at radius 3 is 1.40 bits per heavy atom. The zero-order chi connectivity index (χ0) is 24.5. The summed E-state index contributed by atoms with van der Waals surface area (Å²) in [6, 6.07) is 47.4. The van der Waals surface area contributed by atoms with Crippen molar-refractivity contribution in [2.24, 2.45) is 0 Å². The average Bonchev–Trinajstić information content (AvgIpc) is 2.93. The van der Waals surface area contributed by atoms with Crippen LogP contribution in [0.5, 0.6) is 5.75 Å². The van der Waals surface area contributed by atoms with E-state index in [0.29, 0.717) is 11.4 Å². The minimum absolute atomic E-state index is 0.0447. The molecule has 0 heterocycles. The molecule has 0 aliphatic carbocycles. The molecule has 0 aliphatic rings. The van der Waals surface area contributed by atoms with Crippen molar-refractivity contribution in [3.8, 4) is 5.75 Å². The molecule has 0 bridgehead atoms. The fourth-order valence-electron chi connectivity index (χ4n) is 4.13. The number of rotatable bonds is 5. The first-order valence-corrected chi connectivity index (χ1v) is 14.2. The second-order valence-electron chi connectivity index (χ2n) is 8.43. The third-order valence-electron chi connectivity index (χ3n) is 6.08. The number of hydrogen-bond acceptors (Lipinski definition) is 1. The van der Waals surface area contributed by atoms with Gasteiger partial charge in [-0.1, -0.05) is 108 Å². The van der Waals surface area contributed by atoms with Crippen molar-refractivity contribution < 1.29 is 5.11 Å². The summed E-state index contributed by atoms with van der Waals surface area (Å²) in [6.07, 6.45) is 0.639. The standard InChI is InChI=1S/C19H18P.C13H11ClO/c1-20(17-11-5-2-6-12-17,18-13-7-3-8-14-18)19-15-9-4-10-16-19;14-12-6-7-13(15)11(9-12)8-10-4-2-1-3-5-10/h2-16H,1H3;1-7,9,15H,8H2/q+1;/p-1. The van der Waals surface area contributed by atoms with Gasteiger partial charge in [0.1, 0.15) is 23.2 Å². The van der Waals surface area contributed by atoms with Crippen LogP contribution in [0, 0.1) is 0 Å². The van der Waals surface area contributed by atoms with E-state index in [2.05, 4.69) is 97.7 Å². The van der Waals surface area contributed by atoms with E-state index < -0.39 is 7.26 Å². The third-order valence-corrected chi connectivity index (χ3v) is 10.3. The van der Waals surface area contributed by atoms with Gasteiger partial charge in [-0.2, -0.15) is 0 Å². The zero-order valence-electron chi connectivity index (χ0n) is 19.7.